The maximum absolute atomic E-state index is 6.49. The summed E-state index contributed by atoms with van der Waals surface area (Å²) in [6.07, 6.45) is 5.36. The molecule has 3 aromatic rings. The van der Waals surface area contributed by atoms with E-state index in [1.807, 2.05) is 37.3 Å². The van der Waals surface area contributed by atoms with Gasteiger partial charge >= 0.3 is 0 Å². The van der Waals surface area contributed by atoms with E-state index in [1.165, 1.54) is 24.8 Å². The van der Waals surface area contributed by atoms with Gasteiger partial charge in [0.2, 0.25) is 6.23 Å². The molecule has 2 heterocycles. The molecule has 0 spiro atoms. The van der Waals surface area contributed by atoms with E-state index in [2.05, 4.69) is 54.4 Å². The van der Waals surface area contributed by atoms with Gasteiger partial charge in [-0.3, -0.25) is 0 Å². The second kappa shape index (κ2) is 10.9. The molecule has 0 aromatic heterocycles. The maximum atomic E-state index is 6.49. The minimum Gasteiger partial charge on any atom is -0.494 e. The number of hydrazone groups is 1. The third kappa shape index (κ3) is 5.14. The standard InChI is InChI=1S/C30H34N2O3/c1-3-5-6-9-20-34-25-18-14-23(15-19-25)30-32-28(26-10-7-8-11-29(26)35-30)21-27(31-32)22-12-16-24(17-13-22)33-4-2/h7-8,10-19,28,30H,3-6,9,20-21H2,1-2H3/t28-,30+/m1/s1. The predicted molar refractivity (Wildman–Crippen MR) is 139 cm³/mol. The van der Waals surface area contributed by atoms with Crippen molar-refractivity contribution in [2.75, 3.05) is 13.2 Å². The molecule has 0 amide bonds. The van der Waals surface area contributed by atoms with Crippen molar-refractivity contribution in [3.63, 3.8) is 0 Å². The molecule has 0 bridgehead atoms. The highest BCUT2D eigenvalue weighted by atomic mass is 16.5. The van der Waals surface area contributed by atoms with Crippen molar-refractivity contribution in [3.05, 3.63) is 89.5 Å². The Kier molecular flexibility index (Phi) is 7.22. The summed E-state index contributed by atoms with van der Waals surface area (Å²) in [5, 5.41) is 7.19. The van der Waals surface area contributed by atoms with Gasteiger partial charge in [-0.05, 0) is 73.5 Å². The number of unbranched alkanes of at least 4 members (excludes halogenated alkanes) is 3. The number of benzene rings is 3. The van der Waals surface area contributed by atoms with E-state index in [9.17, 15) is 0 Å². The summed E-state index contributed by atoms with van der Waals surface area (Å²) in [4.78, 5) is 0. The second-order valence-electron chi connectivity index (χ2n) is 9.09. The molecule has 0 saturated carbocycles. The van der Waals surface area contributed by atoms with Crippen molar-refractivity contribution in [3.8, 4) is 17.2 Å². The lowest BCUT2D eigenvalue weighted by Gasteiger charge is -2.38. The van der Waals surface area contributed by atoms with Crippen LogP contribution in [0.25, 0.3) is 0 Å². The highest BCUT2D eigenvalue weighted by Crippen LogP contribution is 2.47. The number of fused-ring (bicyclic) bond motifs is 3. The van der Waals surface area contributed by atoms with E-state index in [0.29, 0.717) is 6.61 Å². The first-order valence-electron chi connectivity index (χ1n) is 12.8. The lowest BCUT2D eigenvalue weighted by atomic mass is 9.96. The van der Waals surface area contributed by atoms with E-state index >= 15 is 0 Å². The first-order chi connectivity index (χ1) is 17.3. The number of rotatable bonds is 10. The van der Waals surface area contributed by atoms with Gasteiger partial charge in [0.15, 0.2) is 0 Å². The summed E-state index contributed by atoms with van der Waals surface area (Å²) in [6, 6.07) is 25.0. The molecule has 0 fully saturated rings. The third-order valence-corrected chi connectivity index (χ3v) is 6.63. The molecule has 2 aliphatic rings. The molecule has 35 heavy (non-hydrogen) atoms. The molecule has 5 nitrogen and oxygen atoms in total. The van der Waals surface area contributed by atoms with Crippen LogP contribution in [0.15, 0.2) is 77.9 Å². The van der Waals surface area contributed by atoms with Gasteiger partial charge in [-0.1, -0.05) is 44.4 Å². The Balaban J connectivity index is 1.36. The topological polar surface area (TPSA) is 43.3 Å². The zero-order valence-corrected chi connectivity index (χ0v) is 20.7. The van der Waals surface area contributed by atoms with Crippen LogP contribution >= 0.6 is 0 Å². The molecular weight excluding hydrogens is 436 g/mol. The van der Waals surface area contributed by atoms with E-state index in [-0.39, 0.29) is 12.3 Å². The van der Waals surface area contributed by atoms with Gasteiger partial charge in [0.1, 0.15) is 17.2 Å². The van der Waals surface area contributed by atoms with Crippen LogP contribution < -0.4 is 14.2 Å². The minimum absolute atomic E-state index is 0.140. The van der Waals surface area contributed by atoms with Gasteiger partial charge in [-0.25, -0.2) is 5.01 Å². The van der Waals surface area contributed by atoms with Crippen LogP contribution in [0.5, 0.6) is 17.2 Å². The molecule has 3 aromatic carbocycles. The number of ether oxygens (including phenoxy) is 3. The highest BCUT2D eigenvalue weighted by Gasteiger charge is 2.40. The van der Waals surface area contributed by atoms with Crippen LogP contribution in [0, 0.1) is 0 Å². The summed E-state index contributed by atoms with van der Waals surface area (Å²) in [5.74, 6) is 2.71. The van der Waals surface area contributed by atoms with Crippen LogP contribution in [0.3, 0.4) is 0 Å². The molecule has 0 aliphatic carbocycles. The number of hydrogen-bond acceptors (Lipinski definition) is 5. The fourth-order valence-electron chi connectivity index (χ4n) is 4.79. The van der Waals surface area contributed by atoms with E-state index in [0.717, 1.165) is 53.5 Å². The Morgan fingerprint density at radius 1 is 0.857 bits per heavy atom. The number of para-hydroxylation sites is 1. The summed E-state index contributed by atoms with van der Waals surface area (Å²) < 4.78 is 18.0. The van der Waals surface area contributed by atoms with Crippen LogP contribution in [0.1, 0.15) is 74.9 Å². The predicted octanol–water partition coefficient (Wildman–Crippen LogP) is 7.29. The fraction of sp³-hybridized carbons (Fsp3) is 0.367. The SMILES string of the molecule is CCCCCCOc1ccc([C@@H]2Oc3ccccc3[C@H]3CC(c4ccc(OCC)cc4)=NN32)cc1. The van der Waals surface area contributed by atoms with Crippen molar-refractivity contribution in [2.45, 2.75) is 58.2 Å². The maximum Gasteiger partial charge on any atom is 0.213 e. The fourth-order valence-corrected chi connectivity index (χ4v) is 4.79. The van der Waals surface area contributed by atoms with Crippen molar-refractivity contribution in [1.82, 2.24) is 5.01 Å². The third-order valence-electron chi connectivity index (χ3n) is 6.63. The quantitative estimate of drug-likeness (QED) is 0.292. The molecule has 0 unspecified atom stereocenters. The van der Waals surface area contributed by atoms with E-state index in [1.54, 1.807) is 0 Å². The number of hydrogen-bond donors (Lipinski definition) is 0. The number of nitrogens with zero attached hydrogens (tertiary/aromatic N) is 2. The molecule has 2 aliphatic heterocycles. The highest BCUT2D eigenvalue weighted by molar-refractivity contribution is 6.02. The normalized spacial score (nSPS) is 18.3. The minimum atomic E-state index is -0.284. The van der Waals surface area contributed by atoms with Crippen LogP contribution in [-0.2, 0) is 0 Å². The van der Waals surface area contributed by atoms with Gasteiger partial charge in [-0.15, -0.1) is 0 Å². The van der Waals surface area contributed by atoms with Crippen molar-refractivity contribution >= 4 is 5.71 Å². The van der Waals surface area contributed by atoms with Crippen molar-refractivity contribution in [1.29, 1.82) is 0 Å². The molecule has 182 valence electrons. The lowest BCUT2D eigenvalue weighted by Crippen LogP contribution is -2.33. The summed E-state index contributed by atoms with van der Waals surface area (Å²) in [7, 11) is 0. The Morgan fingerprint density at radius 3 is 2.37 bits per heavy atom. The average Bonchev–Trinajstić information content (AvgIpc) is 3.35. The van der Waals surface area contributed by atoms with E-state index < -0.39 is 0 Å². The van der Waals surface area contributed by atoms with Crippen LogP contribution in [-0.4, -0.2) is 23.9 Å². The Hall–Kier alpha value is -3.47. The largest absolute Gasteiger partial charge is 0.494 e. The zero-order valence-electron chi connectivity index (χ0n) is 20.7. The summed E-state index contributed by atoms with van der Waals surface area (Å²) >= 11 is 0. The molecule has 0 N–H and O–H groups in total. The van der Waals surface area contributed by atoms with Crippen molar-refractivity contribution < 1.29 is 14.2 Å². The Morgan fingerprint density at radius 2 is 1.60 bits per heavy atom. The molecule has 2 atom stereocenters. The Bertz CT molecular complexity index is 1140. The Labute approximate surface area is 208 Å². The van der Waals surface area contributed by atoms with Crippen LogP contribution in [0.2, 0.25) is 0 Å². The summed E-state index contributed by atoms with van der Waals surface area (Å²) in [6.45, 7) is 5.64. The van der Waals surface area contributed by atoms with Crippen molar-refractivity contribution in [2.24, 2.45) is 5.10 Å². The lowest BCUT2D eigenvalue weighted by molar-refractivity contribution is -0.0190. The molecule has 0 saturated heterocycles. The average molecular weight is 471 g/mol. The van der Waals surface area contributed by atoms with Gasteiger partial charge in [-0.2, -0.15) is 5.10 Å². The first kappa shape index (κ1) is 23.3. The smallest absolute Gasteiger partial charge is 0.213 e. The molecule has 5 heteroatoms. The van der Waals surface area contributed by atoms with Gasteiger partial charge < -0.3 is 14.2 Å². The monoisotopic (exact) mass is 470 g/mol. The molecule has 5 rings (SSSR count). The summed E-state index contributed by atoms with van der Waals surface area (Å²) in [5.41, 5.74) is 4.43. The van der Waals surface area contributed by atoms with Gasteiger partial charge in [0.25, 0.3) is 0 Å². The molecule has 0 radical (unpaired) electrons. The van der Waals surface area contributed by atoms with Gasteiger partial charge in [0, 0.05) is 17.5 Å². The van der Waals surface area contributed by atoms with Crippen LogP contribution in [0.4, 0.5) is 0 Å². The second-order valence-corrected chi connectivity index (χ2v) is 9.09. The zero-order chi connectivity index (χ0) is 24.0. The first-order valence-corrected chi connectivity index (χ1v) is 12.8. The van der Waals surface area contributed by atoms with Gasteiger partial charge in [0.05, 0.1) is 25.0 Å². The molecular formula is C30H34N2O3. The van der Waals surface area contributed by atoms with E-state index in [4.69, 9.17) is 19.3 Å².